The van der Waals surface area contributed by atoms with Crippen LogP contribution in [-0.2, 0) is 0 Å². The molecule has 0 spiro atoms. The lowest BCUT2D eigenvalue weighted by Gasteiger charge is -1.99. The van der Waals surface area contributed by atoms with E-state index in [9.17, 15) is 4.79 Å². The molecule has 1 aromatic carbocycles. The zero-order chi connectivity index (χ0) is 8.43. The third-order valence-electron chi connectivity index (χ3n) is 1.52. The molecule has 0 saturated heterocycles. The van der Waals surface area contributed by atoms with Crippen molar-refractivity contribution in [3.63, 3.8) is 0 Å². The molecule has 11 heavy (non-hydrogen) atoms. The smallest absolute Gasteiger partial charge is 0.335 e. The van der Waals surface area contributed by atoms with Crippen LogP contribution in [0.1, 0.15) is 21.5 Å². The van der Waals surface area contributed by atoms with Crippen molar-refractivity contribution in [1.29, 1.82) is 0 Å². The average Bonchev–Trinajstić information content (AvgIpc) is 1.85. The molecule has 0 aliphatic carbocycles. The quantitative estimate of drug-likeness (QED) is 0.661. The Morgan fingerprint density at radius 3 is 2.64 bits per heavy atom. The van der Waals surface area contributed by atoms with Gasteiger partial charge < -0.3 is 5.11 Å². The van der Waals surface area contributed by atoms with Gasteiger partial charge in [0.05, 0.1) is 5.56 Å². The maximum Gasteiger partial charge on any atom is 0.335 e. The summed E-state index contributed by atoms with van der Waals surface area (Å²) in [5.41, 5.74) is 1.94. The Morgan fingerprint density at radius 2 is 2.18 bits per heavy atom. The fraction of sp³-hybridized carbons (Fsp3) is 0.111. The van der Waals surface area contributed by atoms with E-state index in [0.29, 0.717) is 5.56 Å². The standard InChI is InChI=1S/C9H9O2/c1-6-3-4-8(9(10)11)7(2)5-6/h3-5H,1H2,2H3,(H,10,11). The maximum absolute atomic E-state index is 10.5. The minimum absolute atomic E-state index is 0.345. The number of hydrogen-bond donors (Lipinski definition) is 1. The highest BCUT2D eigenvalue weighted by molar-refractivity contribution is 5.89. The van der Waals surface area contributed by atoms with Crippen molar-refractivity contribution < 1.29 is 9.90 Å². The summed E-state index contributed by atoms with van der Waals surface area (Å²) < 4.78 is 0. The number of carbonyl (C=O) groups is 1. The molecule has 0 aromatic heterocycles. The van der Waals surface area contributed by atoms with Gasteiger partial charge >= 0.3 is 5.97 Å². The number of carboxylic acids is 1. The molecule has 2 heteroatoms. The van der Waals surface area contributed by atoms with Gasteiger partial charge in [0.2, 0.25) is 0 Å². The summed E-state index contributed by atoms with van der Waals surface area (Å²) in [4.78, 5) is 10.5. The van der Waals surface area contributed by atoms with Gasteiger partial charge in [0, 0.05) is 0 Å². The monoisotopic (exact) mass is 149 g/mol. The van der Waals surface area contributed by atoms with Gasteiger partial charge in [-0.2, -0.15) is 0 Å². The van der Waals surface area contributed by atoms with Gasteiger partial charge in [-0.15, -0.1) is 0 Å². The van der Waals surface area contributed by atoms with Crippen LogP contribution in [-0.4, -0.2) is 11.1 Å². The molecule has 1 N–H and O–H groups in total. The molecule has 0 saturated carbocycles. The Morgan fingerprint density at radius 1 is 1.55 bits per heavy atom. The second-order valence-electron chi connectivity index (χ2n) is 2.45. The molecule has 0 unspecified atom stereocenters. The lowest BCUT2D eigenvalue weighted by atomic mass is 10.1. The number of hydrogen-bond acceptors (Lipinski definition) is 1. The molecule has 1 radical (unpaired) electrons. The van der Waals surface area contributed by atoms with E-state index < -0.39 is 5.97 Å². The number of carboxylic acid groups (broad SMARTS) is 1. The van der Waals surface area contributed by atoms with Crippen LogP contribution in [0.4, 0.5) is 0 Å². The Labute approximate surface area is 65.5 Å². The third-order valence-corrected chi connectivity index (χ3v) is 1.52. The average molecular weight is 149 g/mol. The SMILES string of the molecule is [CH2]c1ccc(C(=O)O)c(C)c1. The molecule has 0 fully saturated rings. The fourth-order valence-corrected chi connectivity index (χ4v) is 0.966. The van der Waals surface area contributed by atoms with Crippen molar-refractivity contribution in [2.45, 2.75) is 6.92 Å². The van der Waals surface area contributed by atoms with Crippen LogP contribution in [0.2, 0.25) is 0 Å². The number of aromatic carboxylic acids is 1. The lowest BCUT2D eigenvalue weighted by molar-refractivity contribution is 0.0696. The van der Waals surface area contributed by atoms with E-state index in [1.54, 1.807) is 25.1 Å². The van der Waals surface area contributed by atoms with Crippen molar-refractivity contribution in [2.24, 2.45) is 0 Å². The van der Waals surface area contributed by atoms with Crippen molar-refractivity contribution in [2.75, 3.05) is 0 Å². The van der Waals surface area contributed by atoms with Gasteiger partial charge in [-0.1, -0.05) is 12.1 Å². The highest BCUT2D eigenvalue weighted by Gasteiger charge is 2.04. The zero-order valence-electron chi connectivity index (χ0n) is 6.29. The van der Waals surface area contributed by atoms with Gasteiger partial charge in [-0.25, -0.2) is 4.79 Å². The molecule has 1 aromatic rings. The Balaban J connectivity index is 3.20. The largest absolute Gasteiger partial charge is 0.478 e. The predicted molar refractivity (Wildman–Crippen MR) is 42.6 cm³/mol. The highest BCUT2D eigenvalue weighted by atomic mass is 16.4. The molecule has 0 amide bonds. The lowest BCUT2D eigenvalue weighted by Crippen LogP contribution is -1.99. The van der Waals surface area contributed by atoms with Crippen molar-refractivity contribution in [1.82, 2.24) is 0 Å². The number of aryl methyl sites for hydroxylation is 1. The van der Waals surface area contributed by atoms with E-state index in [-0.39, 0.29) is 0 Å². The van der Waals surface area contributed by atoms with Crippen LogP contribution in [0, 0.1) is 13.8 Å². The van der Waals surface area contributed by atoms with Crippen LogP contribution in [0.15, 0.2) is 18.2 Å². The summed E-state index contributed by atoms with van der Waals surface area (Å²) in [7, 11) is 0. The summed E-state index contributed by atoms with van der Waals surface area (Å²) >= 11 is 0. The van der Waals surface area contributed by atoms with Gasteiger partial charge in [0.15, 0.2) is 0 Å². The van der Waals surface area contributed by atoms with E-state index >= 15 is 0 Å². The molecule has 1 rings (SSSR count). The molecular weight excluding hydrogens is 140 g/mol. The minimum atomic E-state index is -0.887. The van der Waals surface area contributed by atoms with Crippen LogP contribution < -0.4 is 0 Å². The molecule has 57 valence electrons. The molecule has 0 aliphatic heterocycles. The fourth-order valence-electron chi connectivity index (χ4n) is 0.966. The summed E-state index contributed by atoms with van der Waals surface area (Å²) in [6.45, 7) is 5.45. The first kappa shape index (κ1) is 7.79. The summed E-state index contributed by atoms with van der Waals surface area (Å²) in [6, 6.07) is 5.01. The Kier molecular flexibility index (Phi) is 1.94. The maximum atomic E-state index is 10.5. The minimum Gasteiger partial charge on any atom is -0.478 e. The predicted octanol–water partition coefficient (Wildman–Crippen LogP) is 1.88. The second-order valence-corrected chi connectivity index (χ2v) is 2.45. The van der Waals surface area contributed by atoms with E-state index in [1.165, 1.54) is 0 Å². The second kappa shape index (κ2) is 2.74. The Bertz CT molecular complexity index is 290. The molecule has 0 aliphatic rings. The Hall–Kier alpha value is -1.31. The molecule has 0 atom stereocenters. The number of benzene rings is 1. The van der Waals surface area contributed by atoms with Gasteiger partial charge in [0.1, 0.15) is 0 Å². The highest BCUT2D eigenvalue weighted by Crippen LogP contribution is 2.09. The normalized spacial score (nSPS) is 9.64. The molecule has 2 nitrogen and oxygen atoms in total. The van der Waals surface area contributed by atoms with Crippen LogP contribution in [0.5, 0.6) is 0 Å². The van der Waals surface area contributed by atoms with E-state index in [0.717, 1.165) is 11.1 Å². The first-order valence-corrected chi connectivity index (χ1v) is 3.27. The third kappa shape index (κ3) is 1.58. The molecular formula is C9H9O2. The zero-order valence-corrected chi connectivity index (χ0v) is 6.29. The van der Waals surface area contributed by atoms with Gasteiger partial charge in [-0.3, -0.25) is 0 Å². The summed E-state index contributed by atoms with van der Waals surface area (Å²) in [5, 5.41) is 8.64. The van der Waals surface area contributed by atoms with Gasteiger partial charge in [0.25, 0.3) is 0 Å². The van der Waals surface area contributed by atoms with Crippen molar-refractivity contribution in [3.8, 4) is 0 Å². The van der Waals surface area contributed by atoms with E-state index in [2.05, 4.69) is 6.92 Å². The first-order valence-electron chi connectivity index (χ1n) is 3.27. The number of rotatable bonds is 1. The van der Waals surface area contributed by atoms with E-state index in [1.807, 2.05) is 0 Å². The van der Waals surface area contributed by atoms with Crippen LogP contribution in [0.3, 0.4) is 0 Å². The van der Waals surface area contributed by atoms with Crippen molar-refractivity contribution in [3.05, 3.63) is 41.8 Å². The summed E-state index contributed by atoms with van der Waals surface area (Å²) in [5.74, 6) is -0.887. The molecule has 0 heterocycles. The van der Waals surface area contributed by atoms with Gasteiger partial charge in [-0.05, 0) is 31.0 Å². The molecule has 0 bridgehead atoms. The summed E-state index contributed by atoms with van der Waals surface area (Å²) in [6.07, 6.45) is 0. The van der Waals surface area contributed by atoms with Crippen LogP contribution >= 0.6 is 0 Å². The topological polar surface area (TPSA) is 37.3 Å². The van der Waals surface area contributed by atoms with Crippen molar-refractivity contribution >= 4 is 5.97 Å². The first-order chi connectivity index (χ1) is 5.11. The van der Waals surface area contributed by atoms with Crippen LogP contribution in [0.25, 0.3) is 0 Å². The van der Waals surface area contributed by atoms with E-state index in [4.69, 9.17) is 5.11 Å².